The van der Waals surface area contributed by atoms with E-state index < -0.39 is 0 Å². The molecule has 2 rings (SSSR count). The topological polar surface area (TPSA) is 57.6 Å². The molecule has 1 aromatic carbocycles. The molecule has 102 valence electrons. The molecule has 0 unspecified atom stereocenters. The van der Waals surface area contributed by atoms with Gasteiger partial charge in [-0.3, -0.25) is 0 Å². The average Bonchev–Trinajstić information content (AvgIpc) is 2.91. The van der Waals surface area contributed by atoms with Gasteiger partial charge in [-0.25, -0.2) is 0 Å². The zero-order valence-corrected chi connectivity index (χ0v) is 11.1. The van der Waals surface area contributed by atoms with Crippen LogP contribution >= 0.6 is 0 Å². The summed E-state index contributed by atoms with van der Waals surface area (Å²) in [6.07, 6.45) is 2.63. The third-order valence-electron chi connectivity index (χ3n) is 2.71. The fourth-order valence-electron chi connectivity index (χ4n) is 1.69. The molecule has 0 saturated carbocycles. The van der Waals surface area contributed by atoms with Gasteiger partial charge in [-0.2, -0.15) is 0 Å². The fraction of sp³-hybridized carbons (Fsp3) is 0.333. The number of ether oxygens (including phenoxy) is 2. The molecule has 0 aliphatic carbocycles. The summed E-state index contributed by atoms with van der Waals surface area (Å²) in [6, 6.07) is 9.48. The lowest BCUT2D eigenvalue weighted by Crippen LogP contribution is -2.02. The highest BCUT2D eigenvalue weighted by molar-refractivity contribution is 5.31. The lowest BCUT2D eigenvalue weighted by atomic mass is 10.2. The molecule has 2 N–H and O–H groups in total. The maximum atomic E-state index is 5.68. The predicted octanol–water partition coefficient (Wildman–Crippen LogP) is 3.11. The molecular formula is C15H19NO3. The van der Waals surface area contributed by atoms with Gasteiger partial charge < -0.3 is 19.6 Å². The maximum Gasteiger partial charge on any atom is 0.123 e. The first-order valence-corrected chi connectivity index (χ1v) is 6.44. The Morgan fingerprint density at radius 3 is 2.37 bits per heavy atom. The number of hydrogen-bond donors (Lipinski definition) is 1. The first kappa shape index (κ1) is 13.5. The summed E-state index contributed by atoms with van der Waals surface area (Å²) in [5.41, 5.74) is 6.54. The summed E-state index contributed by atoms with van der Waals surface area (Å²) < 4.78 is 16.4. The largest absolute Gasteiger partial charge is 0.494 e. The average molecular weight is 261 g/mol. The zero-order chi connectivity index (χ0) is 13.5. The van der Waals surface area contributed by atoms with E-state index in [2.05, 4.69) is 6.92 Å². The molecule has 0 saturated heterocycles. The molecule has 0 radical (unpaired) electrons. The minimum atomic E-state index is 0.384. The van der Waals surface area contributed by atoms with Crippen LogP contribution in [0.2, 0.25) is 0 Å². The number of furan rings is 1. The standard InChI is InChI=1S/C15H19NO3/c1-2-8-17-13-3-5-14(6-4-13)19-11-12-7-9-18-15(12)10-16/h3-7,9H,2,8,10-11,16H2,1H3. The van der Waals surface area contributed by atoms with Crippen molar-refractivity contribution in [1.29, 1.82) is 0 Å². The Kier molecular flexibility index (Phi) is 4.86. The van der Waals surface area contributed by atoms with Gasteiger partial charge in [0.25, 0.3) is 0 Å². The van der Waals surface area contributed by atoms with Crippen LogP contribution in [0.15, 0.2) is 41.0 Å². The molecule has 0 aliphatic rings. The normalized spacial score (nSPS) is 10.4. The Labute approximate surface area is 113 Å². The SMILES string of the molecule is CCCOc1ccc(OCc2ccoc2CN)cc1. The van der Waals surface area contributed by atoms with Crippen molar-refractivity contribution >= 4 is 0 Å². The molecule has 4 nitrogen and oxygen atoms in total. The smallest absolute Gasteiger partial charge is 0.123 e. The van der Waals surface area contributed by atoms with Crippen LogP contribution in [-0.4, -0.2) is 6.61 Å². The Hall–Kier alpha value is -1.94. The van der Waals surface area contributed by atoms with E-state index in [0.29, 0.717) is 13.2 Å². The Morgan fingerprint density at radius 1 is 1.05 bits per heavy atom. The predicted molar refractivity (Wildman–Crippen MR) is 73.2 cm³/mol. The molecule has 0 aliphatic heterocycles. The van der Waals surface area contributed by atoms with Crippen LogP contribution in [0.1, 0.15) is 24.7 Å². The van der Waals surface area contributed by atoms with E-state index in [9.17, 15) is 0 Å². The third-order valence-corrected chi connectivity index (χ3v) is 2.71. The van der Waals surface area contributed by atoms with Gasteiger partial charge in [0.2, 0.25) is 0 Å². The van der Waals surface area contributed by atoms with E-state index in [1.165, 1.54) is 0 Å². The number of nitrogens with two attached hydrogens (primary N) is 1. The summed E-state index contributed by atoms with van der Waals surface area (Å²) in [7, 11) is 0. The monoisotopic (exact) mass is 261 g/mol. The highest BCUT2D eigenvalue weighted by Crippen LogP contribution is 2.20. The molecule has 0 amide bonds. The molecule has 4 heteroatoms. The van der Waals surface area contributed by atoms with Gasteiger partial charge >= 0.3 is 0 Å². The first-order chi connectivity index (χ1) is 9.33. The minimum Gasteiger partial charge on any atom is -0.494 e. The summed E-state index contributed by atoms with van der Waals surface area (Å²) in [5, 5.41) is 0. The number of hydrogen-bond acceptors (Lipinski definition) is 4. The maximum absolute atomic E-state index is 5.68. The van der Waals surface area contributed by atoms with Crippen molar-refractivity contribution in [3.05, 3.63) is 47.9 Å². The summed E-state index contributed by atoms with van der Waals surface area (Å²) in [6.45, 7) is 3.65. The molecule has 1 aromatic heterocycles. The van der Waals surface area contributed by atoms with E-state index in [4.69, 9.17) is 19.6 Å². The van der Waals surface area contributed by atoms with Gasteiger partial charge in [-0.1, -0.05) is 6.92 Å². The van der Waals surface area contributed by atoms with Crippen molar-refractivity contribution in [3.8, 4) is 11.5 Å². The van der Waals surface area contributed by atoms with E-state index in [1.54, 1.807) is 6.26 Å². The molecule has 1 heterocycles. The van der Waals surface area contributed by atoms with Gasteiger partial charge in [0, 0.05) is 5.56 Å². The van der Waals surface area contributed by atoms with Crippen LogP contribution in [0.5, 0.6) is 11.5 Å². The summed E-state index contributed by atoms with van der Waals surface area (Å²) >= 11 is 0. The van der Waals surface area contributed by atoms with Crippen LogP contribution < -0.4 is 15.2 Å². The molecule has 0 atom stereocenters. The first-order valence-electron chi connectivity index (χ1n) is 6.44. The van der Waals surface area contributed by atoms with Gasteiger partial charge in [0.05, 0.1) is 19.4 Å². The van der Waals surface area contributed by atoms with Crippen molar-refractivity contribution < 1.29 is 13.9 Å². The van der Waals surface area contributed by atoms with E-state index >= 15 is 0 Å². The van der Waals surface area contributed by atoms with Crippen molar-refractivity contribution in [1.82, 2.24) is 0 Å². The van der Waals surface area contributed by atoms with Crippen LogP contribution in [0.4, 0.5) is 0 Å². The molecule has 2 aromatic rings. The minimum absolute atomic E-state index is 0.384. The lowest BCUT2D eigenvalue weighted by Gasteiger charge is -2.08. The third kappa shape index (κ3) is 3.76. The van der Waals surface area contributed by atoms with Gasteiger partial charge in [-0.15, -0.1) is 0 Å². The van der Waals surface area contributed by atoms with E-state index in [1.807, 2.05) is 30.3 Å². The molecule has 19 heavy (non-hydrogen) atoms. The quantitative estimate of drug-likeness (QED) is 0.832. The zero-order valence-electron chi connectivity index (χ0n) is 11.1. The van der Waals surface area contributed by atoms with Crippen molar-refractivity contribution in [3.63, 3.8) is 0 Å². The molecule has 0 bridgehead atoms. The number of rotatable bonds is 7. The van der Waals surface area contributed by atoms with E-state index in [0.717, 1.165) is 35.9 Å². The fourth-order valence-corrected chi connectivity index (χ4v) is 1.69. The highest BCUT2D eigenvalue weighted by Gasteiger charge is 2.05. The van der Waals surface area contributed by atoms with Gasteiger partial charge in [0.1, 0.15) is 23.9 Å². The van der Waals surface area contributed by atoms with Crippen molar-refractivity contribution in [2.45, 2.75) is 26.5 Å². The van der Waals surface area contributed by atoms with Crippen LogP contribution in [0.25, 0.3) is 0 Å². The Balaban J connectivity index is 1.89. The van der Waals surface area contributed by atoms with Crippen molar-refractivity contribution in [2.24, 2.45) is 5.73 Å². The van der Waals surface area contributed by atoms with E-state index in [-0.39, 0.29) is 0 Å². The summed E-state index contributed by atoms with van der Waals surface area (Å²) in [5.74, 6) is 2.43. The molecule has 0 spiro atoms. The van der Waals surface area contributed by atoms with Crippen LogP contribution in [0.3, 0.4) is 0 Å². The Bertz CT molecular complexity index is 490. The molecule has 0 fully saturated rings. The van der Waals surface area contributed by atoms with Crippen LogP contribution in [-0.2, 0) is 13.2 Å². The Morgan fingerprint density at radius 2 is 1.74 bits per heavy atom. The highest BCUT2D eigenvalue weighted by atomic mass is 16.5. The second-order valence-electron chi connectivity index (χ2n) is 4.18. The summed E-state index contributed by atoms with van der Waals surface area (Å²) in [4.78, 5) is 0. The lowest BCUT2D eigenvalue weighted by molar-refractivity contribution is 0.298. The van der Waals surface area contributed by atoms with Crippen LogP contribution in [0, 0.1) is 0 Å². The van der Waals surface area contributed by atoms with Gasteiger partial charge in [-0.05, 0) is 36.8 Å². The second kappa shape index (κ2) is 6.85. The second-order valence-corrected chi connectivity index (χ2v) is 4.18. The van der Waals surface area contributed by atoms with Gasteiger partial charge in [0.15, 0.2) is 0 Å². The number of benzene rings is 1. The molecular weight excluding hydrogens is 242 g/mol. The van der Waals surface area contributed by atoms with Crippen molar-refractivity contribution in [2.75, 3.05) is 6.61 Å².